The van der Waals surface area contributed by atoms with Crippen molar-refractivity contribution in [3.63, 3.8) is 0 Å². The lowest BCUT2D eigenvalue weighted by atomic mass is 10.3. The van der Waals surface area contributed by atoms with Crippen molar-refractivity contribution in [2.75, 3.05) is 0 Å². The molecular formula is C5H6N2O2. The quantitative estimate of drug-likeness (QED) is 0.501. The number of hydrazone groups is 1. The van der Waals surface area contributed by atoms with E-state index >= 15 is 0 Å². The van der Waals surface area contributed by atoms with Gasteiger partial charge in [0.05, 0.1) is 0 Å². The summed E-state index contributed by atoms with van der Waals surface area (Å²) in [5.74, 6) is -0.914. The zero-order chi connectivity index (χ0) is 6.69. The monoisotopic (exact) mass is 126 g/mol. The number of carboxylic acid groups (broad SMARTS) is 1. The first kappa shape index (κ1) is 5.81. The Morgan fingerprint density at radius 1 is 1.78 bits per heavy atom. The van der Waals surface area contributed by atoms with Gasteiger partial charge in [-0.15, -0.1) is 0 Å². The van der Waals surface area contributed by atoms with E-state index in [9.17, 15) is 4.79 Å². The fourth-order valence-corrected chi connectivity index (χ4v) is 0.508. The molecule has 0 spiro atoms. The van der Waals surface area contributed by atoms with Crippen molar-refractivity contribution in [2.24, 2.45) is 5.10 Å². The van der Waals surface area contributed by atoms with Gasteiger partial charge in [-0.25, -0.2) is 4.79 Å². The van der Waals surface area contributed by atoms with Crippen LogP contribution in [0.2, 0.25) is 0 Å². The molecule has 1 aliphatic heterocycles. The Morgan fingerprint density at radius 3 is 2.89 bits per heavy atom. The fourth-order valence-electron chi connectivity index (χ4n) is 0.508. The smallest absolute Gasteiger partial charge is 0.331 e. The van der Waals surface area contributed by atoms with Crippen molar-refractivity contribution in [3.05, 3.63) is 12.2 Å². The molecule has 1 rings (SSSR count). The Morgan fingerprint density at radius 2 is 2.56 bits per heavy atom. The number of aliphatic carboxylic acids is 1. The SMILES string of the molecule is O=C(O)[C@@H]1C=CC=NN1. The molecule has 4 heteroatoms. The van der Waals surface area contributed by atoms with E-state index in [0.29, 0.717) is 0 Å². The highest BCUT2D eigenvalue weighted by Crippen LogP contribution is 1.89. The third-order valence-corrected chi connectivity index (χ3v) is 0.944. The summed E-state index contributed by atoms with van der Waals surface area (Å²) in [5.41, 5.74) is 2.40. The van der Waals surface area contributed by atoms with Gasteiger partial charge in [0, 0.05) is 6.21 Å². The molecule has 0 saturated heterocycles. The average Bonchev–Trinajstić information content (AvgIpc) is 1.90. The van der Waals surface area contributed by atoms with Crippen LogP contribution < -0.4 is 5.43 Å². The molecule has 0 amide bonds. The van der Waals surface area contributed by atoms with Crippen LogP contribution in [0.5, 0.6) is 0 Å². The standard InChI is InChI=1S/C5H6N2O2/c8-5(9)4-2-1-3-6-7-4/h1-4,7H,(H,8,9)/t4-/m0/s1. The van der Waals surface area contributed by atoms with E-state index in [1.807, 2.05) is 0 Å². The zero-order valence-electron chi connectivity index (χ0n) is 4.61. The van der Waals surface area contributed by atoms with Crippen molar-refractivity contribution < 1.29 is 9.90 Å². The Bertz CT molecular complexity index is 174. The summed E-state index contributed by atoms with van der Waals surface area (Å²) in [4.78, 5) is 10.2. The molecule has 4 nitrogen and oxygen atoms in total. The molecule has 0 saturated carbocycles. The zero-order valence-corrected chi connectivity index (χ0v) is 4.61. The largest absolute Gasteiger partial charge is 0.479 e. The summed E-state index contributed by atoms with van der Waals surface area (Å²) in [6.45, 7) is 0. The predicted molar refractivity (Wildman–Crippen MR) is 32.2 cm³/mol. The van der Waals surface area contributed by atoms with Gasteiger partial charge >= 0.3 is 5.97 Å². The minimum Gasteiger partial charge on any atom is -0.479 e. The Kier molecular flexibility index (Phi) is 1.48. The lowest BCUT2D eigenvalue weighted by Crippen LogP contribution is -2.32. The third kappa shape index (κ3) is 1.28. The minimum absolute atomic E-state index is 0.657. The second-order valence-electron chi connectivity index (χ2n) is 1.61. The van der Waals surface area contributed by atoms with E-state index in [2.05, 4.69) is 10.5 Å². The van der Waals surface area contributed by atoms with Gasteiger partial charge in [-0.05, 0) is 12.2 Å². The van der Waals surface area contributed by atoms with Crippen molar-refractivity contribution in [1.29, 1.82) is 0 Å². The summed E-state index contributed by atoms with van der Waals surface area (Å²) < 4.78 is 0. The molecule has 0 fully saturated rings. The molecule has 1 aliphatic rings. The van der Waals surface area contributed by atoms with Crippen LogP contribution in [0.15, 0.2) is 17.3 Å². The Balaban J connectivity index is 2.56. The number of rotatable bonds is 1. The Hall–Kier alpha value is -1.32. The summed E-state index contributed by atoms with van der Waals surface area (Å²) in [7, 11) is 0. The van der Waals surface area contributed by atoms with Crippen molar-refractivity contribution in [2.45, 2.75) is 6.04 Å². The number of allylic oxidation sites excluding steroid dienone is 1. The molecule has 0 aromatic heterocycles. The van der Waals surface area contributed by atoms with Crippen LogP contribution >= 0.6 is 0 Å². The number of carboxylic acids is 1. The second kappa shape index (κ2) is 2.30. The summed E-state index contributed by atoms with van der Waals surface area (Å²) in [6, 6.07) is -0.657. The van der Waals surface area contributed by atoms with Crippen LogP contribution in [0.4, 0.5) is 0 Å². The van der Waals surface area contributed by atoms with Crippen LogP contribution in [0, 0.1) is 0 Å². The van der Waals surface area contributed by atoms with E-state index in [1.165, 1.54) is 12.3 Å². The highest BCUT2D eigenvalue weighted by Gasteiger charge is 2.12. The van der Waals surface area contributed by atoms with Crippen LogP contribution in [0.25, 0.3) is 0 Å². The van der Waals surface area contributed by atoms with E-state index in [-0.39, 0.29) is 0 Å². The summed E-state index contributed by atoms with van der Waals surface area (Å²) in [6.07, 6.45) is 4.62. The first-order valence-electron chi connectivity index (χ1n) is 2.49. The van der Waals surface area contributed by atoms with E-state index < -0.39 is 12.0 Å². The lowest BCUT2D eigenvalue weighted by Gasteiger charge is -2.07. The number of hydrogen-bond acceptors (Lipinski definition) is 3. The van der Waals surface area contributed by atoms with Crippen molar-refractivity contribution in [1.82, 2.24) is 5.43 Å². The molecule has 0 unspecified atom stereocenters. The molecule has 48 valence electrons. The molecule has 0 bridgehead atoms. The molecule has 1 atom stereocenters. The van der Waals surface area contributed by atoms with Crippen LogP contribution in [-0.4, -0.2) is 23.3 Å². The van der Waals surface area contributed by atoms with Gasteiger partial charge in [-0.2, -0.15) is 5.10 Å². The van der Waals surface area contributed by atoms with Crippen molar-refractivity contribution >= 4 is 12.2 Å². The first-order chi connectivity index (χ1) is 4.30. The molecule has 2 N–H and O–H groups in total. The lowest BCUT2D eigenvalue weighted by molar-refractivity contribution is -0.138. The average molecular weight is 126 g/mol. The topological polar surface area (TPSA) is 61.7 Å². The fraction of sp³-hybridized carbons (Fsp3) is 0.200. The maximum absolute atomic E-state index is 10.2. The van der Waals surface area contributed by atoms with Gasteiger partial charge in [0.25, 0.3) is 0 Å². The molecule has 0 aromatic rings. The third-order valence-electron chi connectivity index (χ3n) is 0.944. The first-order valence-corrected chi connectivity index (χ1v) is 2.49. The minimum atomic E-state index is -0.914. The van der Waals surface area contributed by atoms with Gasteiger partial charge in [0.15, 0.2) is 6.04 Å². The van der Waals surface area contributed by atoms with E-state index in [1.54, 1.807) is 6.08 Å². The number of nitrogens with one attached hydrogen (secondary N) is 1. The predicted octanol–water partition coefficient (Wildman–Crippen LogP) is -0.415. The molecule has 0 aromatic carbocycles. The van der Waals surface area contributed by atoms with Crippen LogP contribution in [0.3, 0.4) is 0 Å². The second-order valence-corrected chi connectivity index (χ2v) is 1.61. The summed E-state index contributed by atoms with van der Waals surface area (Å²) in [5, 5.41) is 11.9. The molecule has 0 radical (unpaired) electrons. The maximum Gasteiger partial charge on any atom is 0.331 e. The number of hydrogen-bond donors (Lipinski definition) is 2. The maximum atomic E-state index is 10.2. The van der Waals surface area contributed by atoms with Crippen LogP contribution in [-0.2, 0) is 4.79 Å². The highest BCUT2D eigenvalue weighted by atomic mass is 16.4. The summed E-state index contributed by atoms with van der Waals surface area (Å²) >= 11 is 0. The van der Waals surface area contributed by atoms with Gasteiger partial charge in [0.1, 0.15) is 0 Å². The Labute approximate surface area is 51.9 Å². The van der Waals surface area contributed by atoms with Crippen LogP contribution in [0.1, 0.15) is 0 Å². The normalized spacial score (nSPS) is 23.3. The van der Waals surface area contributed by atoms with Crippen molar-refractivity contribution in [3.8, 4) is 0 Å². The van der Waals surface area contributed by atoms with E-state index in [4.69, 9.17) is 5.11 Å². The molecular weight excluding hydrogens is 120 g/mol. The number of carbonyl (C=O) groups is 1. The highest BCUT2D eigenvalue weighted by molar-refractivity contribution is 5.80. The number of nitrogens with zero attached hydrogens (tertiary/aromatic N) is 1. The van der Waals surface area contributed by atoms with Gasteiger partial charge < -0.3 is 5.11 Å². The molecule has 9 heavy (non-hydrogen) atoms. The molecule has 1 heterocycles. The molecule has 0 aliphatic carbocycles. The van der Waals surface area contributed by atoms with Gasteiger partial charge in [0.2, 0.25) is 0 Å². The van der Waals surface area contributed by atoms with Gasteiger partial charge in [-0.3, -0.25) is 5.43 Å². The van der Waals surface area contributed by atoms with E-state index in [0.717, 1.165) is 0 Å². The van der Waals surface area contributed by atoms with Gasteiger partial charge in [-0.1, -0.05) is 0 Å².